The Bertz CT molecular complexity index is 667. The maximum atomic E-state index is 12.2. The standard InChI is InChI=1S/C17H19N3O5/c21-14(10-18-16(23)12-4-2-1-3-5-12)19-8-6-13(7-9-19)20-15(22)11-25-17(20)24/h1-5,13H,6-11H2,(H,18,23). The van der Waals surface area contributed by atoms with Gasteiger partial charge in [-0.2, -0.15) is 0 Å². The summed E-state index contributed by atoms with van der Waals surface area (Å²) in [6, 6.07) is 8.45. The number of nitrogens with one attached hydrogen (secondary N) is 1. The van der Waals surface area contributed by atoms with Gasteiger partial charge >= 0.3 is 6.09 Å². The fraction of sp³-hybridized carbons (Fsp3) is 0.412. The second kappa shape index (κ2) is 7.33. The molecule has 1 aromatic rings. The van der Waals surface area contributed by atoms with E-state index in [4.69, 9.17) is 4.74 Å². The molecule has 0 spiro atoms. The summed E-state index contributed by atoms with van der Waals surface area (Å²) in [6.45, 7) is 0.579. The van der Waals surface area contributed by atoms with Gasteiger partial charge < -0.3 is 15.0 Å². The molecule has 1 aromatic carbocycles. The molecule has 2 heterocycles. The quantitative estimate of drug-likeness (QED) is 0.851. The third-order valence-electron chi connectivity index (χ3n) is 4.40. The molecular weight excluding hydrogens is 326 g/mol. The Balaban J connectivity index is 1.46. The highest BCUT2D eigenvalue weighted by Crippen LogP contribution is 2.20. The molecule has 2 aliphatic rings. The second-order valence-electron chi connectivity index (χ2n) is 5.98. The van der Waals surface area contributed by atoms with E-state index in [0.29, 0.717) is 31.5 Å². The summed E-state index contributed by atoms with van der Waals surface area (Å²) in [5, 5.41) is 2.61. The number of ether oxygens (including phenoxy) is 1. The number of hydrogen-bond donors (Lipinski definition) is 1. The molecule has 2 aliphatic heterocycles. The predicted molar refractivity (Wildman–Crippen MR) is 86.6 cm³/mol. The van der Waals surface area contributed by atoms with Crippen molar-refractivity contribution in [2.24, 2.45) is 0 Å². The van der Waals surface area contributed by atoms with E-state index in [1.807, 2.05) is 6.07 Å². The highest BCUT2D eigenvalue weighted by Gasteiger charge is 2.38. The van der Waals surface area contributed by atoms with E-state index in [0.717, 1.165) is 4.90 Å². The van der Waals surface area contributed by atoms with E-state index in [9.17, 15) is 19.2 Å². The summed E-state index contributed by atoms with van der Waals surface area (Å²) in [5.74, 6) is -0.808. The Kier molecular flexibility index (Phi) is 4.97. The average Bonchev–Trinajstić information content (AvgIpc) is 2.98. The monoisotopic (exact) mass is 345 g/mol. The first-order valence-electron chi connectivity index (χ1n) is 8.16. The van der Waals surface area contributed by atoms with Crippen molar-refractivity contribution < 1.29 is 23.9 Å². The van der Waals surface area contributed by atoms with Gasteiger partial charge in [0.05, 0.1) is 6.54 Å². The zero-order chi connectivity index (χ0) is 17.8. The number of imide groups is 1. The van der Waals surface area contributed by atoms with Crippen LogP contribution in [0.4, 0.5) is 4.79 Å². The Labute approximate surface area is 144 Å². The van der Waals surface area contributed by atoms with Crippen LogP contribution in [-0.4, -0.2) is 65.9 Å². The number of rotatable bonds is 4. The van der Waals surface area contributed by atoms with Gasteiger partial charge in [0.1, 0.15) is 0 Å². The number of nitrogens with zero attached hydrogens (tertiary/aromatic N) is 2. The molecule has 1 N–H and O–H groups in total. The van der Waals surface area contributed by atoms with E-state index in [2.05, 4.69) is 5.32 Å². The van der Waals surface area contributed by atoms with Crippen LogP contribution in [0.5, 0.6) is 0 Å². The molecule has 4 amide bonds. The summed E-state index contributed by atoms with van der Waals surface area (Å²) in [7, 11) is 0. The Morgan fingerprint density at radius 3 is 2.40 bits per heavy atom. The topological polar surface area (TPSA) is 96.0 Å². The molecule has 0 bridgehead atoms. The molecule has 25 heavy (non-hydrogen) atoms. The van der Waals surface area contributed by atoms with Crippen LogP contribution in [-0.2, 0) is 14.3 Å². The molecule has 2 fully saturated rings. The fourth-order valence-corrected chi connectivity index (χ4v) is 3.05. The third-order valence-corrected chi connectivity index (χ3v) is 4.40. The first-order valence-corrected chi connectivity index (χ1v) is 8.16. The summed E-state index contributed by atoms with van der Waals surface area (Å²) in [6.07, 6.45) is 0.420. The van der Waals surface area contributed by atoms with Crippen molar-refractivity contribution in [2.45, 2.75) is 18.9 Å². The highest BCUT2D eigenvalue weighted by atomic mass is 16.6. The minimum absolute atomic E-state index is 0.0803. The smallest absolute Gasteiger partial charge is 0.417 e. The van der Waals surface area contributed by atoms with Crippen LogP contribution < -0.4 is 5.32 Å². The van der Waals surface area contributed by atoms with Gasteiger partial charge in [-0.15, -0.1) is 0 Å². The molecular formula is C17H19N3O5. The Hall–Kier alpha value is -2.90. The van der Waals surface area contributed by atoms with E-state index < -0.39 is 6.09 Å². The van der Waals surface area contributed by atoms with Crippen LogP contribution in [0, 0.1) is 0 Å². The summed E-state index contributed by atoms with van der Waals surface area (Å²) in [4.78, 5) is 50.2. The predicted octanol–water partition coefficient (Wildman–Crippen LogP) is 0.386. The average molecular weight is 345 g/mol. The van der Waals surface area contributed by atoms with E-state index in [1.165, 1.54) is 0 Å². The van der Waals surface area contributed by atoms with E-state index in [1.54, 1.807) is 29.2 Å². The van der Waals surface area contributed by atoms with E-state index >= 15 is 0 Å². The van der Waals surface area contributed by atoms with Crippen molar-refractivity contribution in [2.75, 3.05) is 26.2 Å². The summed E-state index contributed by atoms with van der Waals surface area (Å²) in [5.41, 5.74) is 0.500. The van der Waals surface area contributed by atoms with Gasteiger partial charge in [-0.05, 0) is 25.0 Å². The number of likely N-dealkylation sites (tertiary alicyclic amines) is 1. The van der Waals surface area contributed by atoms with Crippen molar-refractivity contribution in [3.63, 3.8) is 0 Å². The molecule has 0 atom stereocenters. The lowest BCUT2D eigenvalue weighted by atomic mass is 10.0. The Morgan fingerprint density at radius 2 is 1.80 bits per heavy atom. The normalized spacial score (nSPS) is 18.2. The van der Waals surface area contributed by atoms with Crippen LogP contribution in [0.3, 0.4) is 0 Å². The number of cyclic esters (lactones) is 1. The minimum Gasteiger partial charge on any atom is -0.439 e. The fourth-order valence-electron chi connectivity index (χ4n) is 3.05. The maximum absolute atomic E-state index is 12.2. The molecule has 132 valence electrons. The van der Waals surface area contributed by atoms with Crippen LogP contribution in [0.25, 0.3) is 0 Å². The number of amides is 4. The summed E-state index contributed by atoms with van der Waals surface area (Å²) >= 11 is 0. The third kappa shape index (κ3) is 3.78. The first-order chi connectivity index (χ1) is 12.1. The molecule has 0 aromatic heterocycles. The van der Waals surface area contributed by atoms with Crippen LogP contribution in [0.15, 0.2) is 30.3 Å². The van der Waals surface area contributed by atoms with Crippen molar-refractivity contribution in [1.29, 1.82) is 0 Å². The van der Waals surface area contributed by atoms with Crippen LogP contribution in [0.2, 0.25) is 0 Å². The lowest BCUT2D eigenvalue weighted by molar-refractivity contribution is -0.132. The molecule has 0 unspecified atom stereocenters. The van der Waals surface area contributed by atoms with Gasteiger partial charge in [-0.3, -0.25) is 14.4 Å². The zero-order valence-corrected chi connectivity index (χ0v) is 13.6. The molecule has 0 aliphatic carbocycles. The molecule has 2 saturated heterocycles. The van der Waals surface area contributed by atoms with Crippen molar-refractivity contribution in [3.8, 4) is 0 Å². The second-order valence-corrected chi connectivity index (χ2v) is 5.98. The lowest BCUT2D eigenvalue weighted by Gasteiger charge is -2.34. The zero-order valence-electron chi connectivity index (χ0n) is 13.6. The molecule has 8 nitrogen and oxygen atoms in total. The maximum Gasteiger partial charge on any atom is 0.417 e. The SMILES string of the molecule is O=C(NCC(=O)N1CCC(N2C(=O)COC2=O)CC1)c1ccccc1. The number of hydrogen-bond acceptors (Lipinski definition) is 5. The number of benzene rings is 1. The van der Waals surface area contributed by atoms with Gasteiger partial charge in [-0.25, -0.2) is 9.69 Å². The van der Waals surface area contributed by atoms with Crippen molar-refractivity contribution in [1.82, 2.24) is 15.1 Å². The van der Waals surface area contributed by atoms with Crippen molar-refractivity contribution >= 4 is 23.8 Å². The number of carbonyl (C=O) groups is 4. The van der Waals surface area contributed by atoms with Crippen molar-refractivity contribution in [3.05, 3.63) is 35.9 Å². The van der Waals surface area contributed by atoms with Gasteiger partial charge in [0.15, 0.2) is 6.61 Å². The number of carbonyl (C=O) groups excluding carboxylic acids is 4. The largest absolute Gasteiger partial charge is 0.439 e. The molecule has 0 radical (unpaired) electrons. The van der Waals surface area contributed by atoms with Gasteiger partial charge in [0.2, 0.25) is 5.91 Å². The van der Waals surface area contributed by atoms with E-state index in [-0.39, 0.29) is 36.9 Å². The number of piperidine rings is 1. The summed E-state index contributed by atoms with van der Waals surface area (Å²) < 4.78 is 4.72. The minimum atomic E-state index is -0.607. The Morgan fingerprint density at radius 1 is 1.12 bits per heavy atom. The lowest BCUT2D eigenvalue weighted by Crippen LogP contribution is -2.50. The van der Waals surface area contributed by atoms with Gasteiger partial charge in [-0.1, -0.05) is 18.2 Å². The van der Waals surface area contributed by atoms with Gasteiger partial charge in [0.25, 0.3) is 11.8 Å². The van der Waals surface area contributed by atoms with Gasteiger partial charge in [0, 0.05) is 24.7 Å². The van der Waals surface area contributed by atoms with Crippen LogP contribution >= 0.6 is 0 Å². The molecule has 0 saturated carbocycles. The molecule has 3 rings (SSSR count). The molecule has 8 heteroatoms. The first kappa shape index (κ1) is 16.9. The highest BCUT2D eigenvalue weighted by molar-refractivity contribution is 5.98. The van der Waals surface area contributed by atoms with Crippen LogP contribution in [0.1, 0.15) is 23.2 Å².